The summed E-state index contributed by atoms with van der Waals surface area (Å²) in [7, 11) is 0. The summed E-state index contributed by atoms with van der Waals surface area (Å²) in [5.41, 5.74) is -1.61. The van der Waals surface area contributed by atoms with Crippen LogP contribution in [0.2, 0.25) is 0 Å². The molecular weight excluding hydrogens is 234 g/mol. The highest BCUT2D eigenvalue weighted by molar-refractivity contribution is 5.85. The number of carboxylic acid groups (broad SMARTS) is 1. The number of amides is 1. The number of rotatable bonds is 1. The fourth-order valence-electron chi connectivity index (χ4n) is 3.11. The molecule has 2 bridgehead atoms. The molecule has 0 aromatic heterocycles. The Morgan fingerprint density at radius 1 is 1.28 bits per heavy atom. The molecule has 0 aromatic rings. The van der Waals surface area contributed by atoms with Crippen molar-refractivity contribution in [3.05, 3.63) is 0 Å². The van der Waals surface area contributed by atoms with Gasteiger partial charge in [0.15, 0.2) is 0 Å². The van der Waals surface area contributed by atoms with Gasteiger partial charge in [0.1, 0.15) is 11.1 Å². The summed E-state index contributed by atoms with van der Waals surface area (Å²) in [6.45, 7) is 5.39. The summed E-state index contributed by atoms with van der Waals surface area (Å²) in [6.07, 6.45) is 3.13. The topological polar surface area (TPSA) is 66.8 Å². The third-order valence-electron chi connectivity index (χ3n) is 3.83. The van der Waals surface area contributed by atoms with Crippen molar-refractivity contribution in [2.75, 3.05) is 0 Å². The van der Waals surface area contributed by atoms with Gasteiger partial charge >= 0.3 is 12.1 Å². The number of carbonyl (C=O) groups excluding carboxylic acids is 1. The van der Waals surface area contributed by atoms with E-state index in [1.807, 2.05) is 0 Å². The number of piperidine rings is 1. The van der Waals surface area contributed by atoms with Crippen LogP contribution in [0.25, 0.3) is 0 Å². The van der Waals surface area contributed by atoms with E-state index in [-0.39, 0.29) is 6.04 Å². The number of fused-ring (bicyclic) bond motifs is 2. The fourth-order valence-corrected chi connectivity index (χ4v) is 3.11. The largest absolute Gasteiger partial charge is 0.479 e. The van der Waals surface area contributed by atoms with Crippen LogP contribution in [0.15, 0.2) is 0 Å². The van der Waals surface area contributed by atoms with E-state index in [0.717, 1.165) is 19.3 Å². The number of nitrogens with zero attached hydrogens (tertiary/aromatic N) is 1. The van der Waals surface area contributed by atoms with Crippen molar-refractivity contribution >= 4 is 12.1 Å². The molecule has 2 fully saturated rings. The van der Waals surface area contributed by atoms with Gasteiger partial charge in [0.2, 0.25) is 0 Å². The summed E-state index contributed by atoms with van der Waals surface area (Å²) in [4.78, 5) is 25.3. The molecule has 5 heteroatoms. The Bertz CT molecular complexity index is 370. The first-order valence-corrected chi connectivity index (χ1v) is 6.52. The summed E-state index contributed by atoms with van der Waals surface area (Å²) < 4.78 is 5.36. The second kappa shape index (κ2) is 4.14. The number of aliphatic carboxylic acids is 1. The van der Waals surface area contributed by atoms with Gasteiger partial charge in [-0.25, -0.2) is 9.59 Å². The zero-order valence-corrected chi connectivity index (χ0v) is 11.2. The predicted octanol–water partition coefficient (Wildman–Crippen LogP) is 2.39. The molecule has 0 aliphatic carbocycles. The molecule has 1 unspecified atom stereocenters. The second-order valence-corrected chi connectivity index (χ2v) is 6.27. The molecule has 18 heavy (non-hydrogen) atoms. The van der Waals surface area contributed by atoms with Crippen LogP contribution in [0.5, 0.6) is 0 Å². The van der Waals surface area contributed by atoms with Crippen LogP contribution in [-0.4, -0.2) is 39.3 Å². The van der Waals surface area contributed by atoms with E-state index in [9.17, 15) is 14.7 Å². The molecule has 2 saturated heterocycles. The van der Waals surface area contributed by atoms with Gasteiger partial charge in [0.05, 0.1) is 0 Å². The van der Waals surface area contributed by atoms with Crippen LogP contribution in [0.1, 0.15) is 52.9 Å². The van der Waals surface area contributed by atoms with E-state index >= 15 is 0 Å². The molecule has 2 aliphatic rings. The molecule has 102 valence electrons. The van der Waals surface area contributed by atoms with Gasteiger partial charge < -0.3 is 9.84 Å². The van der Waals surface area contributed by atoms with Gasteiger partial charge in [-0.05, 0) is 52.9 Å². The van der Waals surface area contributed by atoms with Crippen LogP contribution >= 0.6 is 0 Å². The van der Waals surface area contributed by atoms with Crippen molar-refractivity contribution in [3.63, 3.8) is 0 Å². The number of hydrogen-bond acceptors (Lipinski definition) is 3. The van der Waals surface area contributed by atoms with Crippen LogP contribution in [0.3, 0.4) is 0 Å². The summed E-state index contributed by atoms with van der Waals surface area (Å²) in [6, 6.07) is 0.0321. The molecule has 2 aliphatic heterocycles. The van der Waals surface area contributed by atoms with E-state index < -0.39 is 23.2 Å². The maximum absolute atomic E-state index is 12.2. The Labute approximate surface area is 107 Å². The maximum atomic E-state index is 12.2. The van der Waals surface area contributed by atoms with Crippen LogP contribution in [0, 0.1) is 0 Å². The Morgan fingerprint density at radius 2 is 1.94 bits per heavy atom. The molecular formula is C13H21NO4. The van der Waals surface area contributed by atoms with E-state index in [4.69, 9.17) is 4.74 Å². The molecule has 0 saturated carbocycles. The Kier molecular flexibility index (Phi) is 3.03. The molecule has 2 rings (SSSR count). The molecule has 2 heterocycles. The van der Waals surface area contributed by atoms with Crippen molar-refractivity contribution in [2.24, 2.45) is 0 Å². The minimum absolute atomic E-state index is 0.0321. The first-order chi connectivity index (χ1) is 8.26. The predicted molar refractivity (Wildman–Crippen MR) is 65.3 cm³/mol. The smallest absolute Gasteiger partial charge is 0.411 e. The Hall–Kier alpha value is -1.26. The van der Waals surface area contributed by atoms with E-state index in [1.165, 1.54) is 4.90 Å². The molecule has 1 N–H and O–H groups in total. The van der Waals surface area contributed by atoms with E-state index in [2.05, 4.69) is 0 Å². The third-order valence-corrected chi connectivity index (χ3v) is 3.83. The summed E-state index contributed by atoms with van der Waals surface area (Å²) >= 11 is 0. The fraction of sp³-hybridized carbons (Fsp3) is 0.846. The van der Waals surface area contributed by atoms with Gasteiger partial charge in [0.25, 0.3) is 0 Å². The molecule has 2 atom stereocenters. The number of ether oxygens (including phenoxy) is 1. The monoisotopic (exact) mass is 255 g/mol. The average Bonchev–Trinajstić information content (AvgIpc) is 2.45. The normalized spacial score (nSPS) is 31.3. The van der Waals surface area contributed by atoms with E-state index in [0.29, 0.717) is 12.8 Å². The molecule has 0 spiro atoms. The number of carboxylic acids is 1. The Morgan fingerprint density at radius 3 is 2.50 bits per heavy atom. The van der Waals surface area contributed by atoms with Crippen molar-refractivity contribution in [1.29, 1.82) is 0 Å². The third kappa shape index (κ3) is 2.06. The van der Waals surface area contributed by atoms with Gasteiger partial charge in [-0.1, -0.05) is 0 Å². The Balaban J connectivity index is 2.25. The molecule has 5 nitrogen and oxygen atoms in total. The van der Waals surface area contributed by atoms with Gasteiger partial charge in [-0.2, -0.15) is 0 Å². The van der Waals surface area contributed by atoms with Crippen LogP contribution in [-0.2, 0) is 9.53 Å². The molecule has 0 aromatic carbocycles. The van der Waals surface area contributed by atoms with Gasteiger partial charge in [-0.3, -0.25) is 4.90 Å². The number of hydrogen-bond donors (Lipinski definition) is 1. The number of carbonyl (C=O) groups is 2. The van der Waals surface area contributed by atoms with Gasteiger partial charge in [0, 0.05) is 6.04 Å². The maximum Gasteiger partial charge on any atom is 0.411 e. The highest BCUT2D eigenvalue weighted by atomic mass is 16.6. The summed E-state index contributed by atoms with van der Waals surface area (Å²) in [5, 5.41) is 9.48. The second-order valence-electron chi connectivity index (χ2n) is 6.27. The van der Waals surface area contributed by atoms with Crippen molar-refractivity contribution in [3.8, 4) is 0 Å². The first kappa shape index (κ1) is 13.2. The van der Waals surface area contributed by atoms with Crippen LogP contribution in [0.4, 0.5) is 4.79 Å². The molecule has 1 amide bonds. The minimum Gasteiger partial charge on any atom is -0.479 e. The lowest BCUT2D eigenvalue weighted by Crippen LogP contribution is -2.58. The van der Waals surface area contributed by atoms with Crippen molar-refractivity contribution < 1.29 is 19.4 Å². The zero-order valence-electron chi connectivity index (χ0n) is 11.2. The van der Waals surface area contributed by atoms with E-state index in [1.54, 1.807) is 20.8 Å². The van der Waals surface area contributed by atoms with Crippen molar-refractivity contribution in [2.45, 2.75) is 70.1 Å². The average molecular weight is 255 g/mol. The highest BCUT2D eigenvalue weighted by Crippen LogP contribution is 2.45. The quantitative estimate of drug-likeness (QED) is 0.781. The summed E-state index contributed by atoms with van der Waals surface area (Å²) in [5.74, 6) is -0.893. The lowest BCUT2D eigenvalue weighted by molar-refractivity contribution is -0.152. The molecule has 0 radical (unpaired) electrons. The lowest BCUT2D eigenvalue weighted by Gasteiger charge is -2.42. The van der Waals surface area contributed by atoms with Crippen LogP contribution < -0.4 is 0 Å². The minimum atomic E-state index is -1.02. The standard InChI is InChI=1S/C13H21NO4/c1-12(2,3)18-11(17)14-9-5-4-7-13(14,8-6-9)10(15)16/h9H,4-8H2,1-3H3,(H,15,16)/t9-,13?/m1/s1. The first-order valence-electron chi connectivity index (χ1n) is 6.52. The van der Waals surface area contributed by atoms with Crippen molar-refractivity contribution in [1.82, 2.24) is 4.90 Å². The highest BCUT2D eigenvalue weighted by Gasteiger charge is 2.57. The van der Waals surface area contributed by atoms with Gasteiger partial charge in [-0.15, -0.1) is 0 Å². The SMILES string of the molecule is CC(C)(C)OC(=O)N1[C@@H]2CCCC1(C(=O)O)CC2. The lowest BCUT2D eigenvalue weighted by atomic mass is 9.89. The zero-order chi connectivity index (χ0) is 13.6.